The molecule has 2 heteroatoms. The predicted molar refractivity (Wildman–Crippen MR) is 79.7 cm³/mol. The maximum Gasteiger partial charge on any atom is 0.179 e. The first-order valence-electron chi connectivity index (χ1n) is 7.34. The lowest BCUT2D eigenvalue weighted by Gasteiger charge is -2.34. The van der Waals surface area contributed by atoms with Crippen LogP contribution in [0.15, 0.2) is 18.2 Å². The van der Waals surface area contributed by atoms with Crippen molar-refractivity contribution >= 4 is 5.78 Å². The van der Waals surface area contributed by atoms with Gasteiger partial charge in [-0.3, -0.25) is 9.69 Å². The number of likely N-dealkylation sites (tertiary alicyclic amines) is 1. The third kappa shape index (κ3) is 3.24. The van der Waals surface area contributed by atoms with Crippen molar-refractivity contribution in [1.29, 1.82) is 0 Å². The minimum absolute atomic E-state index is 0.00450. The summed E-state index contributed by atoms with van der Waals surface area (Å²) in [7, 11) is 0. The Morgan fingerprint density at radius 2 is 2.05 bits per heavy atom. The van der Waals surface area contributed by atoms with Crippen molar-refractivity contribution < 1.29 is 4.79 Å². The van der Waals surface area contributed by atoms with Gasteiger partial charge in [-0.05, 0) is 63.3 Å². The van der Waals surface area contributed by atoms with E-state index in [0.717, 1.165) is 18.7 Å². The molecule has 1 aromatic carbocycles. The first kappa shape index (κ1) is 14.3. The standard InChI is InChI=1S/C17H25NO/c1-12-6-5-9-18(11-12)15(4)17(19)16-8-7-13(2)14(3)10-16/h7-8,10,12,15H,5-6,9,11H2,1-4H3. The number of aryl methyl sites for hydroxylation is 2. The number of nitrogens with zero attached hydrogens (tertiary/aromatic N) is 1. The monoisotopic (exact) mass is 259 g/mol. The lowest BCUT2D eigenvalue weighted by atomic mass is 9.95. The van der Waals surface area contributed by atoms with Gasteiger partial charge in [0.1, 0.15) is 0 Å². The molecular formula is C17H25NO. The van der Waals surface area contributed by atoms with E-state index in [4.69, 9.17) is 0 Å². The van der Waals surface area contributed by atoms with Gasteiger partial charge in [0.05, 0.1) is 6.04 Å². The number of carbonyl (C=O) groups is 1. The molecular weight excluding hydrogens is 234 g/mol. The van der Waals surface area contributed by atoms with Crippen LogP contribution in [0.1, 0.15) is 48.2 Å². The van der Waals surface area contributed by atoms with Crippen molar-refractivity contribution in [3.8, 4) is 0 Å². The second-order valence-corrected chi connectivity index (χ2v) is 6.08. The van der Waals surface area contributed by atoms with Gasteiger partial charge < -0.3 is 0 Å². The third-order valence-corrected chi connectivity index (χ3v) is 4.41. The molecule has 1 heterocycles. The summed E-state index contributed by atoms with van der Waals surface area (Å²) in [6.07, 6.45) is 2.51. The molecule has 0 N–H and O–H groups in total. The number of Topliss-reactive ketones (excluding diaryl/α,β-unsaturated/α-hetero) is 1. The molecule has 1 aromatic rings. The fourth-order valence-electron chi connectivity index (χ4n) is 2.88. The number of piperidine rings is 1. The highest BCUT2D eigenvalue weighted by molar-refractivity contribution is 6.00. The van der Waals surface area contributed by atoms with Crippen LogP contribution in [0.3, 0.4) is 0 Å². The molecule has 1 aliphatic rings. The predicted octanol–water partition coefficient (Wildman–Crippen LogP) is 3.61. The summed E-state index contributed by atoms with van der Waals surface area (Å²) in [5.41, 5.74) is 3.30. The lowest BCUT2D eigenvalue weighted by molar-refractivity contribution is 0.0765. The fourth-order valence-corrected chi connectivity index (χ4v) is 2.88. The van der Waals surface area contributed by atoms with Crippen LogP contribution in [-0.2, 0) is 0 Å². The molecule has 2 rings (SSSR count). The molecule has 2 atom stereocenters. The fraction of sp³-hybridized carbons (Fsp3) is 0.588. The Bertz CT molecular complexity index is 466. The Morgan fingerprint density at radius 1 is 1.32 bits per heavy atom. The molecule has 0 spiro atoms. The van der Waals surface area contributed by atoms with E-state index in [0.29, 0.717) is 5.92 Å². The van der Waals surface area contributed by atoms with E-state index in [1.165, 1.54) is 24.0 Å². The molecule has 2 nitrogen and oxygen atoms in total. The van der Waals surface area contributed by atoms with Crippen molar-refractivity contribution in [3.63, 3.8) is 0 Å². The summed E-state index contributed by atoms with van der Waals surface area (Å²) in [6, 6.07) is 6.05. The zero-order chi connectivity index (χ0) is 14.0. The second-order valence-electron chi connectivity index (χ2n) is 6.08. The molecule has 104 valence electrons. The maximum absolute atomic E-state index is 12.6. The zero-order valence-corrected chi connectivity index (χ0v) is 12.6. The summed E-state index contributed by atoms with van der Waals surface area (Å²) in [5.74, 6) is 0.973. The van der Waals surface area contributed by atoms with E-state index in [9.17, 15) is 4.79 Å². The van der Waals surface area contributed by atoms with Crippen molar-refractivity contribution in [2.24, 2.45) is 5.92 Å². The van der Waals surface area contributed by atoms with E-state index in [1.807, 2.05) is 18.2 Å². The highest BCUT2D eigenvalue weighted by atomic mass is 16.1. The number of rotatable bonds is 3. The zero-order valence-electron chi connectivity index (χ0n) is 12.6. The minimum atomic E-state index is 0.00450. The second kappa shape index (κ2) is 5.87. The van der Waals surface area contributed by atoms with Crippen molar-refractivity contribution in [2.75, 3.05) is 13.1 Å². The van der Waals surface area contributed by atoms with Crippen LogP contribution in [0, 0.1) is 19.8 Å². The molecule has 0 saturated carbocycles. The molecule has 0 aliphatic carbocycles. The first-order chi connectivity index (χ1) is 8.99. The van der Waals surface area contributed by atoms with Gasteiger partial charge in [0, 0.05) is 12.1 Å². The normalized spacial score (nSPS) is 22.2. The summed E-state index contributed by atoms with van der Waals surface area (Å²) < 4.78 is 0. The smallest absolute Gasteiger partial charge is 0.179 e. The average Bonchev–Trinajstić information content (AvgIpc) is 2.40. The Kier molecular flexibility index (Phi) is 4.41. The topological polar surface area (TPSA) is 20.3 Å². The van der Waals surface area contributed by atoms with Gasteiger partial charge in [-0.25, -0.2) is 0 Å². The van der Waals surface area contributed by atoms with E-state index in [-0.39, 0.29) is 11.8 Å². The van der Waals surface area contributed by atoms with E-state index >= 15 is 0 Å². The molecule has 0 bridgehead atoms. The van der Waals surface area contributed by atoms with Gasteiger partial charge in [-0.2, -0.15) is 0 Å². The summed E-state index contributed by atoms with van der Waals surface area (Å²) in [4.78, 5) is 14.9. The van der Waals surface area contributed by atoms with Crippen LogP contribution < -0.4 is 0 Å². The summed E-state index contributed by atoms with van der Waals surface area (Å²) in [6.45, 7) is 10.6. The lowest BCUT2D eigenvalue weighted by Crippen LogP contribution is -2.44. The summed E-state index contributed by atoms with van der Waals surface area (Å²) >= 11 is 0. The van der Waals surface area contributed by atoms with Crippen LogP contribution in [0.5, 0.6) is 0 Å². The Morgan fingerprint density at radius 3 is 2.68 bits per heavy atom. The average molecular weight is 259 g/mol. The number of hydrogen-bond donors (Lipinski definition) is 0. The van der Waals surface area contributed by atoms with Gasteiger partial charge >= 0.3 is 0 Å². The van der Waals surface area contributed by atoms with Crippen LogP contribution in [-0.4, -0.2) is 29.8 Å². The van der Waals surface area contributed by atoms with Crippen LogP contribution in [0.25, 0.3) is 0 Å². The quantitative estimate of drug-likeness (QED) is 0.773. The van der Waals surface area contributed by atoms with Crippen molar-refractivity contribution in [2.45, 2.75) is 46.6 Å². The van der Waals surface area contributed by atoms with Gasteiger partial charge in [0.15, 0.2) is 5.78 Å². The molecule has 0 aromatic heterocycles. The highest BCUT2D eigenvalue weighted by Crippen LogP contribution is 2.20. The molecule has 0 radical (unpaired) electrons. The molecule has 0 amide bonds. The number of ketones is 1. The SMILES string of the molecule is Cc1ccc(C(=O)C(C)N2CCCC(C)C2)cc1C. The minimum Gasteiger partial charge on any atom is -0.293 e. The Hall–Kier alpha value is -1.15. The van der Waals surface area contributed by atoms with Gasteiger partial charge in [0.25, 0.3) is 0 Å². The molecule has 1 aliphatic heterocycles. The van der Waals surface area contributed by atoms with E-state index in [1.54, 1.807) is 0 Å². The van der Waals surface area contributed by atoms with Crippen molar-refractivity contribution in [3.05, 3.63) is 34.9 Å². The van der Waals surface area contributed by atoms with Gasteiger partial charge in [-0.15, -0.1) is 0 Å². The van der Waals surface area contributed by atoms with Gasteiger partial charge in [-0.1, -0.05) is 19.1 Å². The Balaban J connectivity index is 2.11. The third-order valence-electron chi connectivity index (χ3n) is 4.41. The molecule has 19 heavy (non-hydrogen) atoms. The first-order valence-corrected chi connectivity index (χ1v) is 7.34. The maximum atomic E-state index is 12.6. The number of carbonyl (C=O) groups excluding carboxylic acids is 1. The number of benzene rings is 1. The van der Waals surface area contributed by atoms with Crippen LogP contribution in [0.2, 0.25) is 0 Å². The Labute approximate surface area is 116 Å². The largest absolute Gasteiger partial charge is 0.293 e. The molecule has 1 saturated heterocycles. The van der Waals surface area contributed by atoms with Crippen LogP contribution >= 0.6 is 0 Å². The van der Waals surface area contributed by atoms with Crippen molar-refractivity contribution in [1.82, 2.24) is 4.90 Å². The highest BCUT2D eigenvalue weighted by Gasteiger charge is 2.26. The van der Waals surface area contributed by atoms with E-state index in [2.05, 4.69) is 32.6 Å². The number of hydrogen-bond acceptors (Lipinski definition) is 2. The summed E-state index contributed by atoms with van der Waals surface area (Å²) in [5, 5.41) is 0. The molecule has 2 unspecified atom stereocenters. The van der Waals surface area contributed by atoms with Gasteiger partial charge in [0.2, 0.25) is 0 Å². The van der Waals surface area contributed by atoms with Crippen LogP contribution in [0.4, 0.5) is 0 Å². The molecule has 1 fully saturated rings. The van der Waals surface area contributed by atoms with E-state index < -0.39 is 0 Å².